The fourth-order valence-corrected chi connectivity index (χ4v) is 2.00. The molecule has 3 heteroatoms. The van der Waals surface area contributed by atoms with Crippen LogP contribution < -0.4 is 5.73 Å². The quantitative estimate of drug-likeness (QED) is 0.406. The van der Waals surface area contributed by atoms with Gasteiger partial charge in [-0.25, -0.2) is 0 Å². The van der Waals surface area contributed by atoms with Gasteiger partial charge in [-0.1, -0.05) is 12.8 Å². The zero-order valence-corrected chi connectivity index (χ0v) is 5.64. The molecule has 0 aromatic carbocycles. The normalized spacial score (nSPS) is 54.0. The number of piperidine rings is 1. The summed E-state index contributed by atoms with van der Waals surface area (Å²) < 4.78 is 2.09. The first-order valence-electron chi connectivity index (χ1n) is 3.06. The number of quaternary nitrogens is 1. The lowest BCUT2D eigenvalue weighted by Gasteiger charge is -2.06. The van der Waals surface area contributed by atoms with Gasteiger partial charge in [0.2, 0.25) is 0 Å². The van der Waals surface area contributed by atoms with Crippen molar-refractivity contribution in [2.75, 3.05) is 13.1 Å². The smallest absolute Gasteiger partial charge is 0.0937 e. The highest BCUT2D eigenvalue weighted by atomic mass is 32.1. The van der Waals surface area contributed by atoms with E-state index in [1.807, 2.05) is 0 Å². The van der Waals surface area contributed by atoms with Crippen molar-refractivity contribution < 1.29 is 5.73 Å². The summed E-state index contributed by atoms with van der Waals surface area (Å²) in [5.41, 5.74) is 4.01. The maximum atomic E-state index is 4.23. The van der Waals surface area contributed by atoms with E-state index < -0.39 is 0 Å². The lowest BCUT2D eigenvalue weighted by Crippen LogP contribution is -2.56. The molecule has 1 saturated heterocycles. The van der Waals surface area contributed by atoms with Gasteiger partial charge >= 0.3 is 0 Å². The third-order valence-electron chi connectivity index (χ3n) is 2.35. The molecule has 0 bridgehead atoms. The van der Waals surface area contributed by atoms with E-state index >= 15 is 0 Å². The van der Waals surface area contributed by atoms with Crippen molar-refractivity contribution in [1.82, 2.24) is 4.31 Å². The first kappa shape index (κ1) is 5.09. The average Bonchev–Trinajstić information content (AvgIpc) is 2.29. The van der Waals surface area contributed by atoms with Gasteiger partial charge in [-0.2, -0.15) is 0 Å². The van der Waals surface area contributed by atoms with Crippen molar-refractivity contribution in [3.63, 3.8) is 0 Å². The van der Waals surface area contributed by atoms with Crippen LogP contribution in [0.1, 0.15) is 0 Å². The fourth-order valence-electron chi connectivity index (χ4n) is 1.63. The van der Waals surface area contributed by atoms with E-state index in [0.717, 1.165) is 17.9 Å². The molecule has 0 aromatic heterocycles. The predicted octanol–water partition coefficient (Wildman–Crippen LogP) is -0.997. The molecule has 1 aliphatic heterocycles. The van der Waals surface area contributed by atoms with Crippen LogP contribution in [0, 0.1) is 11.8 Å². The summed E-state index contributed by atoms with van der Waals surface area (Å²) in [5.74, 6) is 1.79. The van der Waals surface area contributed by atoms with Crippen molar-refractivity contribution >= 4 is 12.8 Å². The van der Waals surface area contributed by atoms with E-state index in [1.165, 1.54) is 13.1 Å². The second-order valence-corrected chi connectivity index (χ2v) is 3.43. The number of hydrogen-bond acceptors (Lipinski definition) is 2. The Kier molecular flexibility index (Phi) is 0.892. The van der Waals surface area contributed by atoms with Crippen LogP contribution in [-0.2, 0) is 0 Å². The van der Waals surface area contributed by atoms with E-state index in [4.69, 9.17) is 0 Å². The summed E-state index contributed by atoms with van der Waals surface area (Å²) in [6, 6.07) is 0.762. The van der Waals surface area contributed by atoms with Gasteiger partial charge in [-0.05, 0) is 0 Å². The largest absolute Gasteiger partial charge is 0.355 e. The summed E-state index contributed by atoms with van der Waals surface area (Å²) >= 11 is 4.23. The topological polar surface area (TPSA) is 30.9 Å². The maximum absolute atomic E-state index is 4.23. The third kappa shape index (κ3) is 0.522. The van der Waals surface area contributed by atoms with Gasteiger partial charge in [0.1, 0.15) is 0 Å². The van der Waals surface area contributed by atoms with Crippen LogP contribution in [0.4, 0.5) is 0 Å². The van der Waals surface area contributed by atoms with Gasteiger partial charge in [-0.15, -0.1) is 0 Å². The van der Waals surface area contributed by atoms with Crippen LogP contribution in [-0.4, -0.2) is 23.4 Å². The average molecular weight is 131 g/mol. The first-order valence-corrected chi connectivity index (χ1v) is 3.46. The van der Waals surface area contributed by atoms with Crippen LogP contribution in [0.3, 0.4) is 0 Å². The lowest BCUT2D eigenvalue weighted by molar-refractivity contribution is -0.394. The Bertz CT molecular complexity index is 105. The zero-order chi connectivity index (χ0) is 5.72. The molecule has 2 aliphatic rings. The molecule has 2 unspecified atom stereocenters. The van der Waals surface area contributed by atoms with Crippen molar-refractivity contribution in [2.45, 2.75) is 6.04 Å². The molecule has 2 nitrogen and oxygen atoms in total. The minimum absolute atomic E-state index is 0.762. The van der Waals surface area contributed by atoms with E-state index in [1.54, 1.807) is 0 Å². The van der Waals surface area contributed by atoms with Crippen LogP contribution in [0.25, 0.3) is 0 Å². The van der Waals surface area contributed by atoms with Crippen LogP contribution >= 0.6 is 12.8 Å². The molecule has 2 fully saturated rings. The molecule has 2 atom stereocenters. The number of rotatable bonds is 0. The Morgan fingerprint density at radius 2 is 1.88 bits per heavy atom. The zero-order valence-electron chi connectivity index (χ0n) is 4.75. The highest BCUT2D eigenvalue weighted by Crippen LogP contribution is 2.42. The van der Waals surface area contributed by atoms with E-state index in [0.29, 0.717) is 0 Å². The Morgan fingerprint density at radius 3 is 2.25 bits per heavy atom. The minimum atomic E-state index is 0.762. The summed E-state index contributed by atoms with van der Waals surface area (Å²) in [5, 5.41) is 0. The van der Waals surface area contributed by atoms with Gasteiger partial charge in [0.25, 0.3) is 0 Å². The molecule has 0 spiro atoms. The predicted molar refractivity (Wildman–Crippen MR) is 34.2 cm³/mol. The lowest BCUT2D eigenvalue weighted by atomic mass is 10.4. The molecular formula is C5H11N2S+. The Morgan fingerprint density at radius 1 is 1.38 bits per heavy atom. The van der Waals surface area contributed by atoms with E-state index in [9.17, 15) is 0 Å². The maximum Gasteiger partial charge on any atom is 0.0937 e. The van der Waals surface area contributed by atoms with Crippen LogP contribution in [0.5, 0.6) is 0 Å². The first-order chi connectivity index (χ1) is 3.79. The van der Waals surface area contributed by atoms with Crippen molar-refractivity contribution in [3.05, 3.63) is 0 Å². The molecule has 1 saturated carbocycles. The van der Waals surface area contributed by atoms with E-state index in [-0.39, 0.29) is 0 Å². The van der Waals surface area contributed by atoms with Crippen molar-refractivity contribution in [3.8, 4) is 0 Å². The molecule has 46 valence electrons. The standard InChI is InChI=1S/C5H10N2S/c6-5-3-1-7(8)2-4(3)5/h3-5,8H,1-2,6H2/p+1. The van der Waals surface area contributed by atoms with Crippen LogP contribution in [0.15, 0.2) is 0 Å². The fraction of sp³-hybridized carbons (Fsp3) is 1.00. The highest BCUT2D eigenvalue weighted by molar-refractivity contribution is 7.77. The number of nitrogens with zero attached hydrogens (tertiary/aromatic N) is 1. The van der Waals surface area contributed by atoms with Gasteiger partial charge in [0, 0.05) is 24.9 Å². The van der Waals surface area contributed by atoms with Gasteiger partial charge in [0.15, 0.2) is 0 Å². The highest BCUT2D eigenvalue weighted by Gasteiger charge is 2.56. The molecule has 3 N–H and O–H groups in total. The summed E-state index contributed by atoms with van der Waals surface area (Å²) in [7, 11) is 0. The second-order valence-electron chi connectivity index (χ2n) is 2.86. The molecule has 8 heavy (non-hydrogen) atoms. The van der Waals surface area contributed by atoms with Crippen LogP contribution in [0.2, 0.25) is 0 Å². The molecule has 0 amide bonds. The number of fused-ring (bicyclic) bond motifs is 1. The van der Waals surface area contributed by atoms with Crippen molar-refractivity contribution in [1.29, 1.82) is 0 Å². The Hall–Kier alpha value is 0.270. The Labute approximate surface area is 54.6 Å². The molecular weight excluding hydrogens is 120 g/mol. The van der Waals surface area contributed by atoms with Gasteiger partial charge < -0.3 is 5.73 Å². The van der Waals surface area contributed by atoms with Crippen molar-refractivity contribution in [2.24, 2.45) is 11.8 Å². The molecule has 2 rings (SSSR count). The molecule has 1 heterocycles. The molecule has 0 aromatic rings. The second kappa shape index (κ2) is 1.40. The van der Waals surface area contributed by atoms with E-state index in [2.05, 4.69) is 22.9 Å². The minimum Gasteiger partial charge on any atom is -0.355 e. The Balaban J connectivity index is 2.00. The van der Waals surface area contributed by atoms with Gasteiger partial charge in [0.05, 0.1) is 6.04 Å². The summed E-state index contributed by atoms with van der Waals surface area (Å²) in [4.78, 5) is 0. The molecule has 0 radical (unpaired) electrons. The summed E-state index contributed by atoms with van der Waals surface area (Å²) in [6.45, 7) is 2.34. The van der Waals surface area contributed by atoms with Gasteiger partial charge in [-0.3, -0.25) is 4.31 Å². The third-order valence-corrected chi connectivity index (χ3v) is 2.68. The summed E-state index contributed by atoms with van der Waals surface area (Å²) in [6.07, 6.45) is 0. The number of thiol groups is 1. The number of hydrogen-bond donors (Lipinski definition) is 2. The monoisotopic (exact) mass is 131 g/mol. The SMILES string of the molecule is [NH3+]C1C2CN(S)CC12. The molecule has 1 aliphatic carbocycles.